The number of benzene rings is 1. The number of carboxylic acid groups (broad SMARTS) is 1. The van der Waals surface area contributed by atoms with E-state index in [4.69, 9.17) is 5.11 Å². The molecular weight excluding hydrogens is 353 g/mol. The Morgan fingerprint density at radius 3 is 2.70 bits per heavy atom. The monoisotopic (exact) mass is 371 g/mol. The molecular formula is C18H18FN5O3. The lowest BCUT2D eigenvalue weighted by molar-refractivity contribution is -0.140. The fourth-order valence-electron chi connectivity index (χ4n) is 2.49. The van der Waals surface area contributed by atoms with Gasteiger partial charge >= 0.3 is 5.97 Å². The highest BCUT2D eigenvalue weighted by atomic mass is 19.1. The second kappa shape index (κ2) is 7.40. The molecule has 0 fully saturated rings. The molecule has 1 atom stereocenters. The summed E-state index contributed by atoms with van der Waals surface area (Å²) in [6.07, 6.45) is 1.43. The minimum Gasteiger partial charge on any atom is -0.480 e. The average molecular weight is 371 g/mol. The molecule has 1 unspecified atom stereocenters. The van der Waals surface area contributed by atoms with E-state index >= 15 is 0 Å². The van der Waals surface area contributed by atoms with Gasteiger partial charge in [0, 0.05) is 23.5 Å². The number of aromatic nitrogens is 4. The molecule has 8 nitrogen and oxygen atoms in total. The van der Waals surface area contributed by atoms with E-state index in [2.05, 4.69) is 15.5 Å². The molecule has 1 amide bonds. The van der Waals surface area contributed by atoms with E-state index in [9.17, 15) is 14.0 Å². The van der Waals surface area contributed by atoms with E-state index in [0.717, 1.165) is 5.69 Å². The number of amides is 1. The number of carboxylic acids is 1. The summed E-state index contributed by atoms with van der Waals surface area (Å²) >= 11 is 0. The molecule has 0 bridgehead atoms. The zero-order chi connectivity index (χ0) is 19.6. The number of aryl methyl sites for hydroxylation is 1. The van der Waals surface area contributed by atoms with Gasteiger partial charge in [0.15, 0.2) is 11.5 Å². The van der Waals surface area contributed by atoms with Crippen LogP contribution in [0.15, 0.2) is 42.6 Å². The van der Waals surface area contributed by atoms with Gasteiger partial charge in [0.1, 0.15) is 11.9 Å². The molecule has 0 aliphatic heterocycles. The first kappa shape index (κ1) is 18.3. The first-order valence-corrected chi connectivity index (χ1v) is 8.22. The lowest BCUT2D eigenvalue weighted by Gasteiger charge is -2.06. The van der Waals surface area contributed by atoms with Crippen LogP contribution in [0.3, 0.4) is 0 Å². The Balaban J connectivity index is 1.72. The van der Waals surface area contributed by atoms with Crippen molar-refractivity contribution in [1.29, 1.82) is 0 Å². The number of nitrogens with zero attached hydrogens (tertiary/aromatic N) is 4. The van der Waals surface area contributed by atoms with Crippen molar-refractivity contribution in [3.63, 3.8) is 0 Å². The lowest BCUT2D eigenvalue weighted by atomic mass is 10.2. The highest BCUT2D eigenvalue weighted by Gasteiger charge is 2.18. The van der Waals surface area contributed by atoms with E-state index in [1.165, 1.54) is 29.9 Å². The van der Waals surface area contributed by atoms with E-state index in [1.807, 2.05) is 0 Å². The number of nitrogens with one attached hydrogen (secondary N) is 1. The fourth-order valence-corrected chi connectivity index (χ4v) is 2.49. The average Bonchev–Trinajstić information content (AvgIpc) is 3.23. The van der Waals surface area contributed by atoms with Gasteiger partial charge in [0.05, 0.1) is 6.54 Å². The Morgan fingerprint density at radius 1 is 1.26 bits per heavy atom. The van der Waals surface area contributed by atoms with Crippen molar-refractivity contribution in [3.8, 4) is 0 Å². The van der Waals surface area contributed by atoms with Crippen molar-refractivity contribution in [2.45, 2.75) is 26.4 Å². The summed E-state index contributed by atoms with van der Waals surface area (Å²) in [6.45, 7) is 3.50. The minimum absolute atomic E-state index is 0.0735. The van der Waals surface area contributed by atoms with Gasteiger partial charge < -0.3 is 10.4 Å². The van der Waals surface area contributed by atoms with Crippen molar-refractivity contribution < 1.29 is 19.1 Å². The van der Waals surface area contributed by atoms with Gasteiger partial charge in [0.2, 0.25) is 0 Å². The Hall–Kier alpha value is -3.49. The zero-order valence-electron chi connectivity index (χ0n) is 14.8. The van der Waals surface area contributed by atoms with E-state index in [0.29, 0.717) is 11.4 Å². The number of halogens is 1. The molecule has 3 rings (SSSR count). The molecule has 9 heteroatoms. The topological polar surface area (TPSA) is 102 Å². The van der Waals surface area contributed by atoms with Crippen LogP contribution >= 0.6 is 0 Å². The third-order valence-corrected chi connectivity index (χ3v) is 4.10. The standard InChI is InChI=1S/C18H18FN5O3/c1-11-9-16(22-24(11)10-13-5-3-4-6-14(13)19)20-17(25)15-7-8-23(21-15)12(2)18(26)27/h3-9,12H,10H2,1-2H3,(H,26,27)(H,20,22,25). The molecule has 0 saturated carbocycles. The van der Waals surface area contributed by atoms with Crippen LogP contribution in [0.1, 0.15) is 34.7 Å². The molecule has 0 aliphatic carbocycles. The number of hydrogen-bond acceptors (Lipinski definition) is 4. The predicted molar refractivity (Wildman–Crippen MR) is 95.0 cm³/mol. The van der Waals surface area contributed by atoms with Gasteiger partial charge in [-0.1, -0.05) is 18.2 Å². The lowest BCUT2D eigenvalue weighted by Crippen LogP contribution is -2.18. The second-order valence-corrected chi connectivity index (χ2v) is 6.07. The Morgan fingerprint density at radius 2 is 2.00 bits per heavy atom. The van der Waals surface area contributed by atoms with Crippen LogP contribution in [0.2, 0.25) is 0 Å². The van der Waals surface area contributed by atoms with Crippen molar-refractivity contribution in [3.05, 3.63) is 65.4 Å². The molecule has 2 aromatic heterocycles. The Kier molecular flexibility index (Phi) is 5.02. The van der Waals surface area contributed by atoms with Crippen molar-refractivity contribution >= 4 is 17.7 Å². The molecule has 0 aliphatic rings. The first-order valence-electron chi connectivity index (χ1n) is 8.22. The van der Waals surface area contributed by atoms with Crippen LogP contribution in [-0.2, 0) is 11.3 Å². The van der Waals surface area contributed by atoms with E-state index in [1.54, 1.807) is 35.9 Å². The Labute approximate surface area is 154 Å². The molecule has 27 heavy (non-hydrogen) atoms. The van der Waals surface area contributed by atoms with Crippen LogP contribution in [0.25, 0.3) is 0 Å². The summed E-state index contributed by atoms with van der Waals surface area (Å²) in [5.74, 6) is -1.58. The number of aliphatic carboxylic acids is 1. The summed E-state index contributed by atoms with van der Waals surface area (Å²) in [7, 11) is 0. The van der Waals surface area contributed by atoms with Crippen LogP contribution in [0.4, 0.5) is 10.2 Å². The summed E-state index contributed by atoms with van der Waals surface area (Å²) < 4.78 is 16.6. The normalized spacial score (nSPS) is 12.0. The Bertz CT molecular complexity index is 995. The summed E-state index contributed by atoms with van der Waals surface area (Å²) in [5, 5.41) is 19.9. The number of rotatable bonds is 6. The molecule has 140 valence electrons. The maximum atomic E-state index is 13.8. The zero-order valence-corrected chi connectivity index (χ0v) is 14.8. The first-order chi connectivity index (χ1) is 12.8. The molecule has 1 aromatic carbocycles. The summed E-state index contributed by atoms with van der Waals surface area (Å²) in [5.41, 5.74) is 1.31. The van der Waals surface area contributed by atoms with Gasteiger partial charge in [-0.15, -0.1) is 0 Å². The van der Waals surface area contributed by atoms with Gasteiger partial charge in [0.25, 0.3) is 5.91 Å². The van der Waals surface area contributed by atoms with Crippen LogP contribution in [0.5, 0.6) is 0 Å². The molecule has 3 aromatic rings. The summed E-state index contributed by atoms with van der Waals surface area (Å²) in [4.78, 5) is 23.3. The third-order valence-electron chi connectivity index (χ3n) is 4.10. The van der Waals surface area contributed by atoms with E-state index < -0.39 is 17.9 Å². The highest BCUT2D eigenvalue weighted by molar-refractivity contribution is 6.02. The number of hydrogen-bond donors (Lipinski definition) is 2. The maximum Gasteiger partial charge on any atom is 0.328 e. The minimum atomic E-state index is -1.05. The molecule has 0 radical (unpaired) electrons. The number of anilines is 1. The quantitative estimate of drug-likeness (QED) is 0.693. The molecule has 0 spiro atoms. The van der Waals surface area contributed by atoms with Crippen LogP contribution in [0, 0.1) is 12.7 Å². The second-order valence-electron chi connectivity index (χ2n) is 6.07. The number of carbonyl (C=O) groups excluding carboxylic acids is 1. The number of carbonyl (C=O) groups is 2. The van der Waals surface area contributed by atoms with Gasteiger partial charge in [-0.3, -0.25) is 14.2 Å². The van der Waals surface area contributed by atoms with Crippen LogP contribution in [-0.4, -0.2) is 36.5 Å². The van der Waals surface area contributed by atoms with E-state index in [-0.39, 0.29) is 18.1 Å². The van der Waals surface area contributed by atoms with Crippen LogP contribution < -0.4 is 5.32 Å². The summed E-state index contributed by atoms with van der Waals surface area (Å²) in [6, 6.07) is 8.62. The third kappa shape index (κ3) is 4.02. The molecule has 2 N–H and O–H groups in total. The van der Waals surface area contributed by atoms with Crippen molar-refractivity contribution in [2.24, 2.45) is 0 Å². The highest BCUT2D eigenvalue weighted by Crippen LogP contribution is 2.14. The van der Waals surface area contributed by atoms with Gasteiger partial charge in [-0.25, -0.2) is 9.18 Å². The molecule has 0 saturated heterocycles. The SMILES string of the molecule is Cc1cc(NC(=O)c2ccn(C(C)C(=O)O)n2)nn1Cc1ccccc1F. The van der Waals surface area contributed by atoms with Gasteiger partial charge in [-0.05, 0) is 26.0 Å². The predicted octanol–water partition coefficient (Wildman–Crippen LogP) is 2.47. The maximum absolute atomic E-state index is 13.8. The largest absolute Gasteiger partial charge is 0.480 e. The van der Waals surface area contributed by atoms with Crippen molar-refractivity contribution in [2.75, 3.05) is 5.32 Å². The smallest absolute Gasteiger partial charge is 0.328 e. The van der Waals surface area contributed by atoms with Crippen molar-refractivity contribution in [1.82, 2.24) is 19.6 Å². The van der Waals surface area contributed by atoms with Gasteiger partial charge in [-0.2, -0.15) is 10.2 Å². The fraction of sp³-hybridized carbons (Fsp3) is 0.222. The molecule has 2 heterocycles.